The molecule has 0 aromatic heterocycles. The summed E-state index contributed by atoms with van der Waals surface area (Å²) in [5, 5.41) is 0. The van der Waals surface area contributed by atoms with E-state index in [2.05, 4.69) is 27.2 Å². The highest BCUT2D eigenvalue weighted by Gasteiger charge is 2.08. The van der Waals surface area contributed by atoms with Crippen LogP contribution in [0.4, 0.5) is 0 Å². The molecule has 0 spiro atoms. The molecule has 0 aliphatic rings. The number of rotatable bonds is 3. The van der Waals surface area contributed by atoms with Crippen molar-refractivity contribution in [3.63, 3.8) is 0 Å². The number of hydrogen-bond acceptors (Lipinski definition) is 2. The van der Waals surface area contributed by atoms with Crippen molar-refractivity contribution in [1.29, 1.82) is 0 Å². The minimum atomic E-state index is -0.363. The van der Waals surface area contributed by atoms with Crippen LogP contribution in [0.1, 0.15) is 13.8 Å². The molecule has 0 atom stereocenters. The number of carbonyl (C=O) groups is 1. The number of halogens is 1. The van der Waals surface area contributed by atoms with Crippen LogP contribution in [-0.2, 0) is 9.53 Å². The highest BCUT2D eigenvalue weighted by molar-refractivity contribution is 9.11. The Balaban J connectivity index is 4.82. The van der Waals surface area contributed by atoms with Gasteiger partial charge < -0.3 is 4.74 Å². The van der Waals surface area contributed by atoms with Crippen LogP contribution in [0.5, 0.6) is 0 Å². The average molecular weight is 245 g/mol. The molecule has 0 aromatic carbocycles. The van der Waals surface area contributed by atoms with E-state index < -0.39 is 0 Å². The maximum absolute atomic E-state index is 11.2. The largest absolute Gasteiger partial charge is 0.465 e. The summed E-state index contributed by atoms with van der Waals surface area (Å²) in [7, 11) is 1.35. The molecule has 0 fully saturated rings. The molecule has 3 heteroatoms. The fourth-order valence-electron chi connectivity index (χ4n) is 0.693. The molecule has 13 heavy (non-hydrogen) atoms. The summed E-state index contributed by atoms with van der Waals surface area (Å²) < 4.78 is 5.53. The number of carbonyl (C=O) groups excluding carboxylic acids is 1. The van der Waals surface area contributed by atoms with E-state index in [9.17, 15) is 4.79 Å². The number of methoxy groups -OCH3 is 1. The first-order chi connectivity index (χ1) is 5.99. The highest BCUT2D eigenvalue weighted by atomic mass is 79.9. The van der Waals surface area contributed by atoms with Gasteiger partial charge in [-0.15, -0.1) is 0 Å². The Hall–Kier alpha value is -0.830. The molecule has 0 unspecified atom stereocenters. The van der Waals surface area contributed by atoms with Crippen LogP contribution in [0, 0.1) is 0 Å². The molecule has 0 saturated heterocycles. The fourth-order valence-corrected chi connectivity index (χ4v) is 0.825. The van der Waals surface area contributed by atoms with Crippen LogP contribution in [0.15, 0.2) is 34.4 Å². The van der Waals surface area contributed by atoms with Gasteiger partial charge in [0, 0.05) is 0 Å². The molecule has 0 saturated carbocycles. The van der Waals surface area contributed by atoms with Crippen molar-refractivity contribution in [3.05, 3.63) is 34.4 Å². The molecule has 0 aliphatic carbocycles. The Bertz CT molecular complexity index is 271. The van der Waals surface area contributed by atoms with Crippen molar-refractivity contribution in [2.75, 3.05) is 7.11 Å². The van der Waals surface area contributed by atoms with Gasteiger partial charge in [-0.2, -0.15) is 0 Å². The molecule has 0 bridgehead atoms. The van der Waals surface area contributed by atoms with E-state index in [0.717, 1.165) is 4.48 Å². The molecule has 0 radical (unpaired) electrons. The molecule has 2 nitrogen and oxygen atoms in total. The summed E-state index contributed by atoms with van der Waals surface area (Å²) in [4.78, 5) is 11.2. The lowest BCUT2D eigenvalue weighted by Gasteiger charge is -2.02. The molecule has 72 valence electrons. The Morgan fingerprint density at radius 1 is 1.38 bits per heavy atom. The molecular weight excluding hydrogens is 232 g/mol. The van der Waals surface area contributed by atoms with Crippen molar-refractivity contribution >= 4 is 21.9 Å². The fraction of sp³-hybridized carbons (Fsp3) is 0.300. The summed E-state index contributed by atoms with van der Waals surface area (Å²) in [6.45, 7) is 7.33. The third kappa shape index (κ3) is 4.68. The Morgan fingerprint density at radius 2 is 1.92 bits per heavy atom. The van der Waals surface area contributed by atoms with E-state index in [-0.39, 0.29) is 5.97 Å². The van der Waals surface area contributed by atoms with E-state index in [0.29, 0.717) is 11.1 Å². The van der Waals surface area contributed by atoms with Crippen LogP contribution in [0.3, 0.4) is 0 Å². The zero-order valence-corrected chi connectivity index (χ0v) is 9.64. The molecule has 0 aromatic rings. The maximum Gasteiger partial charge on any atom is 0.338 e. The van der Waals surface area contributed by atoms with E-state index in [4.69, 9.17) is 0 Å². The zero-order chi connectivity index (χ0) is 10.4. The SMILES string of the molecule is C=C(C)/C(=C\C=C(/C)Br)C(=O)OC. The van der Waals surface area contributed by atoms with Crippen LogP contribution in [-0.4, -0.2) is 13.1 Å². The van der Waals surface area contributed by atoms with Gasteiger partial charge in [-0.05, 0) is 30.0 Å². The van der Waals surface area contributed by atoms with E-state index in [1.807, 2.05) is 6.92 Å². The smallest absolute Gasteiger partial charge is 0.338 e. The van der Waals surface area contributed by atoms with Crippen molar-refractivity contribution in [1.82, 2.24) is 0 Å². The standard InChI is InChI=1S/C10H13BrO2/c1-7(2)9(10(12)13-4)6-5-8(3)11/h5-6H,1H2,2-4H3/b8-5+,9-6+. The van der Waals surface area contributed by atoms with Crippen molar-refractivity contribution in [2.45, 2.75) is 13.8 Å². The number of hydrogen-bond donors (Lipinski definition) is 0. The monoisotopic (exact) mass is 244 g/mol. The molecule has 0 amide bonds. The van der Waals surface area contributed by atoms with Gasteiger partial charge in [-0.3, -0.25) is 0 Å². The second kappa shape index (κ2) is 5.75. The lowest BCUT2D eigenvalue weighted by molar-refractivity contribution is -0.135. The lowest BCUT2D eigenvalue weighted by atomic mass is 10.1. The van der Waals surface area contributed by atoms with Gasteiger partial charge in [0.2, 0.25) is 0 Å². The van der Waals surface area contributed by atoms with Crippen molar-refractivity contribution in [2.24, 2.45) is 0 Å². The van der Waals surface area contributed by atoms with Crippen LogP contribution in [0.25, 0.3) is 0 Å². The highest BCUT2D eigenvalue weighted by Crippen LogP contribution is 2.11. The summed E-state index contributed by atoms with van der Waals surface area (Å²) in [6, 6.07) is 0. The third-order valence-corrected chi connectivity index (χ3v) is 1.61. The molecular formula is C10H13BrO2. The minimum absolute atomic E-state index is 0.363. The normalized spacial score (nSPS) is 12.6. The Morgan fingerprint density at radius 3 is 2.23 bits per heavy atom. The second-order valence-electron chi connectivity index (χ2n) is 2.61. The van der Waals surface area contributed by atoms with Crippen LogP contribution >= 0.6 is 15.9 Å². The van der Waals surface area contributed by atoms with Gasteiger partial charge in [-0.25, -0.2) is 4.79 Å². The first-order valence-electron chi connectivity index (χ1n) is 3.77. The van der Waals surface area contributed by atoms with E-state index in [1.165, 1.54) is 7.11 Å². The van der Waals surface area contributed by atoms with Gasteiger partial charge in [0.25, 0.3) is 0 Å². The summed E-state index contributed by atoms with van der Waals surface area (Å²) >= 11 is 3.26. The summed E-state index contributed by atoms with van der Waals surface area (Å²) in [5.41, 5.74) is 1.18. The van der Waals surface area contributed by atoms with Gasteiger partial charge in [0.15, 0.2) is 0 Å². The topological polar surface area (TPSA) is 26.3 Å². The first kappa shape index (κ1) is 12.2. The number of allylic oxidation sites excluding steroid dienone is 3. The van der Waals surface area contributed by atoms with Gasteiger partial charge >= 0.3 is 5.97 Å². The van der Waals surface area contributed by atoms with Gasteiger partial charge in [0.1, 0.15) is 0 Å². The quantitative estimate of drug-likeness (QED) is 0.434. The first-order valence-corrected chi connectivity index (χ1v) is 4.56. The van der Waals surface area contributed by atoms with Crippen LogP contribution < -0.4 is 0 Å². The predicted molar refractivity (Wildman–Crippen MR) is 57.6 cm³/mol. The molecule has 0 heterocycles. The predicted octanol–water partition coefficient (Wildman–Crippen LogP) is 2.96. The van der Waals surface area contributed by atoms with Crippen molar-refractivity contribution < 1.29 is 9.53 Å². The molecule has 0 aliphatic heterocycles. The number of ether oxygens (including phenoxy) is 1. The summed E-state index contributed by atoms with van der Waals surface area (Å²) in [5.74, 6) is -0.363. The summed E-state index contributed by atoms with van der Waals surface area (Å²) in [6.07, 6.45) is 3.46. The number of esters is 1. The Kier molecular flexibility index (Phi) is 5.39. The van der Waals surface area contributed by atoms with Gasteiger partial charge in [0.05, 0.1) is 12.7 Å². The lowest BCUT2D eigenvalue weighted by Crippen LogP contribution is -2.04. The maximum atomic E-state index is 11.2. The van der Waals surface area contributed by atoms with Crippen LogP contribution in [0.2, 0.25) is 0 Å². The molecule has 0 rings (SSSR count). The second-order valence-corrected chi connectivity index (χ2v) is 3.86. The Labute approximate surface area is 87.1 Å². The average Bonchev–Trinajstić information content (AvgIpc) is 2.03. The third-order valence-electron chi connectivity index (χ3n) is 1.34. The van der Waals surface area contributed by atoms with E-state index in [1.54, 1.807) is 19.1 Å². The minimum Gasteiger partial charge on any atom is -0.465 e. The van der Waals surface area contributed by atoms with E-state index >= 15 is 0 Å². The van der Waals surface area contributed by atoms with Crippen molar-refractivity contribution in [3.8, 4) is 0 Å². The molecule has 0 N–H and O–H groups in total. The zero-order valence-electron chi connectivity index (χ0n) is 8.06. The van der Waals surface area contributed by atoms with Gasteiger partial charge in [-0.1, -0.05) is 28.6 Å².